The zero-order chi connectivity index (χ0) is 45.8. The lowest BCUT2D eigenvalue weighted by Gasteiger charge is -2.49. The summed E-state index contributed by atoms with van der Waals surface area (Å²) in [5, 5.41) is 8.22. The van der Waals surface area contributed by atoms with E-state index in [9.17, 15) is 0 Å². The number of rotatable bonds is 2. The number of para-hydroxylation sites is 4. The van der Waals surface area contributed by atoms with Crippen LogP contribution in [0.5, 0.6) is 23.0 Å². The summed E-state index contributed by atoms with van der Waals surface area (Å²) >= 11 is 0. The molecule has 9 aromatic carbocycles. The van der Waals surface area contributed by atoms with E-state index in [2.05, 4.69) is 203 Å². The van der Waals surface area contributed by atoms with Crippen molar-refractivity contribution >= 4 is 85.8 Å². The summed E-state index contributed by atoms with van der Waals surface area (Å²) in [5.74, 6) is 2.89. The highest BCUT2D eigenvalue weighted by Crippen LogP contribution is 2.53. The molecule has 68 heavy (non-hydrogen) atoms. The molecule has 0 saturated carbocycles. The predicted molar refractivity (Wildman–Crippen MR) is 286 cm³/mol. The second-order valence-electron chi connectivity index (χ2n) is 21.2. The quantitative estimate of drug-likeness (QED) is 0.161. The molecule has 5 aliphatic rings. The molecule has 0 saturated heterocycles. The molecule has 0 amide bonds. The molecule has 0 aromatic heterocycles. The van der Waals surface area contributed by atoms with E-state index < -0.39 is 8.07 Å². The minimum absolute atomic E-state index is 0.0211. The molecule has 4 aliphatic heterocycles. The minimum atomic E-state index is -2.84. The van der Waals surface area contributed by atoms with Crippen LogP contribution in [0.4, 0.5) is 28.4 Å². The van der Waals surface area contributed by atoms with E-state index in [-0.39, 0.29) is 17.7 Å². The van der Waals surface area contributed by atoms with Gasteiger partial charge >= 0.3 is 6.85 Å². The molecule has 0 fully saturated rings. The van der Waals surface area contributed by atoms with Crippen molar-refractivity contribution in [2.45, 2.75) is 65.2 Å². The summed E-state index contributed by atoms with van der Waals surface area (Å²) < 4.78 is 13.7. The minimum Gasteiger partial charge on any atom is -0.450 e. The topological polar surface area (TPSA) is 24.9 Å². The van der Waals surface area contributed by atoms with Gasteiger partial charge in [0, 0.05) is 34.5 Å². The average Bonchev–Trinajstić information content (AvgIpc) is 3.64. The van der Waals surface area contributed by atoms with Crippen molar-refractivity contribution in [1.82, 2.24) is 0 Å². The Balaban J connectivity index is 1.10. The summed E-state index contributed by atoms with van der Waals surface area (Å²) in [6, 6.07) is 66.5. The third kappa shape index (κ3) is 5.27. The molecule has 0 bridgehead atoms. The standard InChI is InChI=1S/C62H51BN2O2Si/c1-38-18-17-29-59-60(38)65(48-23-11-16-28-58(48)68(59)56-26-14-9-21-42(56)43-22-10-15-27-57(43)68)63-46-33-40-19-7-8-20-41(40)34-50(46)64(49-35-45-44(32-39(49)2)61(3,4)30-31-62(45,5)6)51-37-55-54(36-47(51)63)66-52-24-12-13-25-53(52)67-55/h7-29,32-37H,30-31H2,1-6H3. The van der Waals surface area contributed by atoms with Gasteiger partial charge in [-0.25, -0.2) is 0 Å². The van der Waals surface area contributed by atoms with Crippen LogP contribution in [0, 0.1) is 13.8 Å². The Labute approximate surface area is 400 Å². The van der Waals surface area contributed by atoms with E-state index in [1.807, 2.05) is 24.3 Å². The van der Waals surface area contributed by atoms with Gasteiger partial charge in [-0.1, -0.05) is 161 Å². The Hall–Kier alpha value is -7.28. The molecule has 4 nitrogen and oxygen atoms in total. The molecule has 0 atom stereocenters. The molecule has 0 N–H and O–H groups in total. The lowest BCUT2D eigenvalue weighted by atomic mass is 9.45. The van der Waals surface area contributed by atoms with Gasteiger partial charge in [-0.15, -0.1) is 0 Å². The summed E-state index contributed by atoms with van der Waals surface area (Å²) in [6.07, 6.45) is 2.31. The number of hydrogen-bond acceptors (Lipinski definition) is 4. The Morgan fingerprint density at radius 1 is 0.441 bits per heavy atom. The fraction of sp³-hybridized carbons (Fsp3) is 0.161. The van der Waals surface area contributed by atoms with E-state index >= 15 is 0 Å². The average molecular weight is 895 g/mol. The second-order valence-corrected chi connectivity index (χ2v) is 24.8. The first-order valence-corrected chi connectivity index (χ1v) is 26.3. The Bertz CT molecular complexity index is 3620. The van der Waals surface area contributed by atoms with Crippen molar-refractivity contribution in [1.29, 1.82) is 0 Å². The van der Waals surface area contributed by atoms with Crippen molar-refractivity contribution in [3.8, 4) is 34.1 Å². The Morgan fingerprint density at radius 2 is 0.971 bits per heavy atom. The summed E-state index contributed by atoms with van der Waals surface area (Å²) in [6.45, 7) is 14.1. The van der Waals surface area contributed by atoms with Gasteiger partial charge in [-0.2, -0.15) is 0 Å². The van der Waals surface area contributed by atoms with Crippen molar-refractivity contribution in [3.63, 3.8) is 0 Å². The van der Waals surface area contributed by atoms with Crippen LogP contribution in [0.1, 0.15) is 62.8 Å². The van der Waals surface area contributed by atoms with Gasteiger partial charge in [-0.3, -0.25) is 0 Å². The van der Waals surface area contributed by atoms with Gasteiger partial charge in [0.2, 0.25) is 0 Å². The van der Waals surface area contributed by atoms with Gasteiger partial charge in [-0.05, 0) is 150 Å². The summed E-state index contributed by atoms with van der Waals surface area (Å²) in [7, 11) is -2.84. The molecule has 328 valence electrons. The number of benzene rings is 9. The van der Waals surface area contributed by atoms with Gasteiger partial charge in [0.1, 0.15) is 0 Å². The Kier molecular flexibility index (Phi) is 8.15. The number of nitrogens with zero attached hydrogens (tertiary/aromatic N) is 2. The number of fused-ring (bicyclic) bond motifs is 15. The van der Waals surface area contributed by atoms with Crippen molar-refractivity contribution in [2.75, 3.05) is 9.71 Å². The van der Waals surface area contributed by atoms with E-state index in [0.717, 1.165) is 29.4 Å². The summed E-state index contributed by atoms with van der Waals surface area (Å²) in [4.78, 5) is 5.29. The highest BCUT2D eigenvalue weighted by atomic mass is 28.3. The maximum atomic E-state index is 6.89. The SMILES string of the molecule is Cc1cc2c(cc1N1c3cc4c(cc3B(N3c5ccccc5[Si]5(c6ccccc6-c6ccccc65)c5cccc(C)c53)c3cc5ccccc5cc31)Oc1ccccc1O4)C(C)(C)CCC2(C)C. The first-order valence-electron chi connectivity index (χ1n) is 24.3. The number of aryl methyl sites for hydroxylation is 2. The number of ether oxygens (including phenoxy) is 2. The Morgan fingerprint density at radius 3 is 1.66 bits per heavy atom. The van der Waals surface area contributed by atoms with Crippen LogP contribution < -0.4 is 50.9 Å². The molecule has 4 heterocycles. The molecular formula is C62H51BN2O2Si. The largest absolute Gasteiger partial charge is 0.450 e. The van der Waals surface area contributed by atoms with E-state index in [4.69, 9.17) is 9.47 Å². The normalized spacial score (nSPS) is 16.8. The van der Waals surface area contributed by atoms with Crippen molar-refractivity contribution in [2.24, 2.45) is 0 Å². The third-order valence-electron chi connectivity index (χ3n) is 16.4. The fourth-order valence-electron chi connectivity index (χ4n) is 13.1. The van der Waals surface area contributed by atoms with Gasteiger partial charge in [0.15, 0.2) is 31.1 Å². The zero-order valence-corrected chi connectivity index (χ0v) is 40.4. The first kappa shape index (κ1) is 39.8. The number of hydrogen-bond donors (Lipinski definition) is 0. The van der Waals surface area contributed by atoms with Crippen LogP contribution in [-0.2, 0) is 10.8 Å². The molecule has 9 aromatic rings. The van der Waals surface area contributed by atoms with E-state index in [1.54, 1.807) is 0 Å². The number of anilines is 5. The van der Waals surface area contributed by atoms with Crippen LogP contribution in [0.2, 0.25) is 0 Å². The highest BCUT2D eigenvalue weighted by molar-refractivity contribution is 7.24. The maximum Gasteiger partial charge on any atom is 0.332 e. The molecule has 1 aliphatic carbocycles. The van der Waals surface area contributed by atoms with Gasteiger partial charge < -0.3 is 19.2 Å². The fourth-order valence-corrected chi connectivity index (χ4v) is 18.7. The maximum absolute atomic E-state index is 6.89. The first-order chi connectivity index (χ1) is 33.0. The van der Waals surface area contributed by atoms with Gasteiger partial charge in [0.05, 0.1) is 0 Å². The molecule has 0 unspecified atom stereocenters. The lowest BCUT2D eigenvalue weighted by Crippen LogP contribution is -2.77. The van der Waals surface area contributed by atoms with Crippen molar-refractivity contribution in [3.05, 3.63) is 198 Å². The van der Waals surface area contributed by atoms with Crippen LogP contribution >= 0.6 is 0 Å². The molecule has 6 heteroatoms. The van der Waals surface area contributed by atoms with Crippen LogP contribution in [0.15, 0.2) is 176 Å². The molecular weight excluding hydrogens is 844 g/mol. The predicted octanol–water partition coefficient (Wildman–Crippen LogP) is 12.1. The second kappa shape index (κ2) is 13.9. The van der Waals surface area contributed by atoms with E-state index in [1.165, 1.54) is 105 Å². The van der Waals surface area contributed by atoms with Crippen molar-refractivity contribution < 1.29 is 9.47 Å². The highest BCUT2D eigenvalue weighted by Gasteiger charge is 2.56. The van der Waals surface area contributed by atoms with Crippen LogP contribution in [0.3, 0.4) is 0 Å². The molecule has 14 rings (SSSR count). The van der Waals surface area contributed by atoms with E-state index in [0.29, 0.717) is 5.75 Å². The zero-order valence-electron chi connectivity index (χ0n) is 39.4. The lowest BCUT2D eigenvalue weighted by molar-refractivity contribution is 0.332. The summed E-state index contributed by atoms with van der Waals surface area (Å²) in [5.41, 5.74) is 16.7. The monoisotopic (exact) mass is 894 g/mol. The van der Waals surface area contributed by atoms with Crippen LogP contribution in [0.25, 0.3) is 21.9 Å². The smallest absolute Gasteiger partial charge is 0.332 e. The molecule has 1 spiro atoms. The third-order valence-corrected chi connectivity index (χ3v) is 21.3. The van der Waals surface area contributed by atoms with Crippen LogP contribution in [-0.4, -0.2) is 14.9 Å². The van der Waals surface area contributed by atoms with Gasteiger partial charge in [0.25, 0.3) is 0 Å². The molecule has 0 radical (unpaired) electrons.